The molecule has 3 rings (SSSR count). The van der Waals surface area contributed by atoms with Crippen LogP contribution in [0.2, 0.25) is 0 Å². The number of nitrogens with one attached hydrogen (secondary N) is 1. The van der Waals surface area contributed by atoms with Gasteiger partial charge in [-0.2, -0.15) is 0 Å². The van der Waals surface area contributed by atoms with Crippen molar-refractivity contribution in [1.29, 1.82) is 0 Å². The summed E-state index contributed by atoms with van der Waals surface area (Å²) in [7, 11) is 0. The third kappa shape index (κ3) is 4.86. The molecule has 0 aliphatic carbocycles. The molecule has 0 radical (unpaired) electrons. The van der Waals surface area contributed by atoms with E-state index in [-0.39, 0.29) is 18.3 Å². The van der Waals surface area contributed by atoms with E-state index in [2.05, 4.69) is 15.5 Å². The third-order valence-electron chi connectivity index (χ3n) is 4.28. The maximum atomic E-state index is 12.5. The van der Waals surface area contributed by atoms with Crippen LogP contribution in [0.25, 0.3) is 5.69 Å². The lowest BCUT2D eigenvalue weighted by molar-refractivity contribution is -0.113. The molecule has 152 valence electrons. The number of aryl methyl sites for hydroxylation is 2. The second-order valence-electron chi connectivity index (χ2n) is 6.36. The minimum atomic E-state index is -0.420. The number of amides is 1. The Morgan fingerprint density at radius 1 is 1.21 bits per heavy atom. The first-order valence-electron chi connectivity index (χ1n) is 9.07. The van der Waals surface area contributed by atoms with Gasteiger partial charge in [-0.05, 0) is 45.4 Å². The molecular weight excluding hydrogens is 408 g/mol. The average molecular weight is 431 g/mol. The van der Waals surface area contributed by atoms with Gasteiger partial charge in [-0.25, -0.2) is 4.79 Å². The smallest absolute Gasteiger partial charge is 0.341 e. The number of anilines is 1. The quantitative estimate of drug-likeness (QED) is 0.447. The summed E-state index contributed by atoms with van der Waals surface area (Å²) in [5.74, 6) is -0.500. The molecule has 0 saturated heterocycles. The van der Waals surface area contributed by atoms with Crippen LogP contribution in [0, 0.1) is 20.8 Å². The molecule has 1 N–H and O–H groups in total. The number of rotatable bonds is 7. The molecule has 29 heavy (non-hydrogen) atoms. The number of ether oxygens (including phenoxy) is 1. The minimum absolute atomic E-state index is 0.142. The van der Waals surface area contributed by atoms with Crippen molar-refractivity contribution in [2.24, 2.45) is 0 Å². The molecule has 3 aromatic rings. The molecule has 1 amide bonds. The Kier molecular flexibility index (Phi) is 6.71. The fourth-order valence-electron chi connectivity index (χ4n) is 2.66. The van der Waals surface area contributed by atoms with Gasteiger partial charge < -0.3 is 10.1 Å². The highest BCUT2D eigenvalue weighted by atomic mass is 32.2. The van der Waals surface area contributed by atoms with E-state index in [0.717, 1.165) is 21.7 Å². The van der Waals surface area contributed by atoms with Gasteiger partial charge in [0, 0.05) is 10.6 Å². The van der Waals surface area contributed by atoms with Crippen LogP contribution in [0.1, 0.15) is 33.3 Å². The van der Waals surface area contributed by atoms with Gasteiger partial charge in [-0.3, -0.25) is 9.36 Å². The summed E-state index contributed by atoms with van der Waals surface area (Å²) in [6.07, 6.45) is 1.62. The van der Waals surface area contributed by atoms with Gasteiger partial charge >= 0.3 is 5.97 Å². The maximum Gasteiger partial charge on any atom is 0.341 e. The number of carbonyl (C=O) groups is 2. The van der Waals surface area contributed by atoms with Crippen molar-refractivity contribution in [1.82, 2.24) is 14.8 Å². The number of benzene rings is 1. The summed E-state index contributed by atoms with van der Waals surface area (Å²) in [5.41, 5.74) is 3.35. The molecule has 0 unspecified atom stereocenters. The summed E-state index contributed by atoms with van der Waals surface area (Å²) < 4.78 is 6.96. The Hall–Kier alpha value is -2.65. The summed E-state index contributed by atoms with van der Waals surface area (Å²) >= 11 is 2.65. The fourth-order valence-corrected chi connectivity index (χ4v) is 4.46. The third-order valence-corrected chi connectivity index (χ3v) is 6.34. The summed E-state index contributed by atoms with van der Waals surface area (Å²) in [6.45, 7) is 7.83. The lowest BCUT2D eigenvalue weighted by atomic mass is 10.1. The van der Waals surface area contributed by atoms with Crippen LogP contribution in [0.4, 0.5) is 5.00 Å². The van der Waals surface area contributed by atoms with Crippen molar-refractivity contribution in [3.63, 3.8) is 0 Å². The van der Waals surface area contributed by atoms with Crippen LogP contribution in [-0.2, 0) is 9.53 Å². The van der Waals surface area contributed by atoms with E-state index in [1.807, 2.05) is 49.6 Å². The van der Waals surface area contributed by atoms with Gasteiger partial charge in [0.25, 0.3) is 0 Å². The zero-order chi connectivity index (χ0) is 21.0. The van der Waals surface area contributed by atoms with Crippen LogP contribution in [0.3, 0.4) is 0 Å². The number of thiophene rings is 1. The van der Waals surface area contributed by atoms with Crippen LogP contribution in [0.5, 0.6) is 0 Å². The van der Waals surface area contributed by atoms with Gasteiger partial charge in [-0.1, -0.05) is 29.5 Å². The van der Waals surface area contributed by atoms with E-state index in [1.54, 1.807) is 13.3 Å². The second-order valence-corrected chi connectivity index (χ2v) is 8.53. The Bertz CT molecular complexity index is 1030. The van der Waals surface area contributed by atoms with E-state index in [1.165, 1.54) is 23.1 Å². The predicted molar refractivity (Wildman–Crippen MR) is 115 cm³/mol. The van der Waals surface area contributed by atoms with E-state index < -0.39 is 5.97 Å². The first kappa shape index (κ1) is 21.1. The predicted octanol–water partition coefficient (Wildman–Crippen LogP) is 4.16. The second kappa shape index (κ2) is 9.23. The van der Waals surface area contributed by atoms with Crippen LogP contribution < -0.4 is 5.32 Å². The largest absolute Gasteiger partial charge is 0.462 e. The number of hydrogen-bond acceptors (Lipinski definition) is 7. The van der Waals surface area contributed by atoms with E-state index >= 15 is 0 Å². The molecule has 2 heterocycles. The van der Waals surface area contributed by atoms with Gasteiger partial charge in [-0.15, -0.1) is 21.5 Å². The summed E-state index contributed by atoms with van der Waals surface area (Å²) in [4.78, 5) is 25.7. The fraction of sp³-hybridized carbons (Fsp3) is 0.300. The average Bonchev–Trinajstić information content (AvgIpc) is 3.25. The molecule has 0 bridgehead atoms. The molecule has 7 nitrogen and oxygen atoms in total. The monoisotopic (exact) mass is 430 g/mol. The van der Waals surface area contributed by atoms with Crippen LogP contribution in [-0.4, -0.2) is 39.0 Å². The van der Waals surface area contributed by atoms with Gasteiger partial charge in [0.2, 0.25) is 5.91 Å². The number of carbonyl (C=O) groups excluding carboxylic acids is 2. The molecule has 0 fully saturated rings. The normalized spacial score (nSPS) is 10.8. The Morgan fingerprint density at radius 2 is 1.93 bits per heavy atom. The Morgan fingerprint density at radius 3 is 2.62 bits per heavy atom. The van der Waals surface area contributed by atoms with Crippen molar-refractivity contribution in [2.75, 3.05) is 17.7 Å². The first-order valence-corrected chi connectivity index (χ1v) is 10.9. The Balaban J connectivity index is 1.69. The molecule has 2 aromatic heterocycles. The highest BCUT2D eigenvalue weighted by molar-refractivity contribution is 7.99. The standard InChI is InChI=1S/C20H22N4O3S2/c1-5-27-19(26)17-13(3)14(4)29-18(17)22-16(25)10-28-20-23-21-11-24(20)15-8-6-12(2)7-9-15/h6-9,11H,5,10H2,1-4H3,(H,22,25). The minimum Gasteiger partial charge on any atom is -0.462 e. The highest BCUT2D eigenvalue weighted by Crippen LogP contribution is 2.33. The maximum absolute atomic E-state index is 12.5. The zero-order valence-electron chi connectivity index (χ0n) is 16.7. The van der Waals surface area contributed by atoms with Crippen molar-refractivity contribution in [2.45, 2.75) is 32.9 Å². The molecule has 0 atom stereocenters. The topological polar surface area (TPSA) is 86.1 Å². The van der Waals surface area contributed by atoms with Crippen LogP contribution >= 0.6 is 23.1 Å². The molecule has 0 saturated carbocycles. The van der Waals surface area contributed by atoms with Gasteiger partial charge in [0.15, 0.2) is 5.16 Å². The highest BCUT2D eigenvalue weighted by Gasteiger charge is 2.22. The zero-order valence-corrected chi connectivity index (χ0v) is 18.3. The molecule has 0 aliphatic rings. The number of esters is 1. The Labute approximate surface area is 177 Å². The lowest BCUT2D eigenvalue weighted by Gasteiger charge is -2.08. The number of hydrogen-bond donors (Lipinski definition) is 1. The number of aromatic nitrogens is 3. The van der Waals surface area contributed by atoms with Crippen LogP contribution in [0.15, 0.2) is 35.7 Å². The van der Waals surface area contributed by atoms with Crippen molar-refractivity contribution in [3.8, 4) is 5.69 Å². The van der Waals surface area contributed by atoms with Crippen molar-refractivity contribution >= 4 is 40.0 Å². The van der Waals surface area contributed by atoms with Gasteiger partial charge in [0.1, 0.15) is 11.3 Å². The molecule has 0 spiro atoms. The SMILES string of the molecule is CCOC(=O)c1c(NC(=O)CSc2nncn2-c2ccc(C)cc2)sc(C)c1C. The molecule has 0 aliphatic heterocycles. The number of thioether (sulfide) groups is 1. The molecule has 1 aromatic carbocycles. The van der Waals surface area contributed by atoms with E-state index in [0.29, 0.717) is 15.7 Å². The molecular formula is C20H22N4O3S2. The van der Waals surface area contributed by atoms with E-state index in [9.17, 15) is 9.59 Å². The lowest BCUT2D eigenvalue weighted by Crippen LogP contribution is -2.16. The van der Waals surface area contributed by atoms with Crippen molar-refractivity contribution in [3.05, 3.63) is 52.2 Å². The first-order chi connectivity index (χ1) is 13.9. The van der Waals surface area contributed by atoms with Crippen molar-refractivity contribution < 1.29 is 14.3 Å². The van der Waals surface area contributed by atoms with E-state index in [4.69, 9.17) is 4.74 Å². The number of nitrogens with zero attached hydrogens (tertiary/aromatic N) is 3. The summed E-state index contributed by atoms with van der Waals surface area (Å²) in [6, 6.07) is 7.97. The van der Waals surface area contributed by atoms with Gasteiger partial charge in [0.05, 0.1) is 17.9 Å². The summed E-state index contributed by atoms with van der Waals surface area (Å²) in [5, 5.41) is 12.0. The molecule has 9 heteroatoms.